The predicted molar refractivity (Wildman–Crippen MR) is 112 cm³/mol. The van der Waals surface area contributed by atoms with Gasteiger partial charge in [0, 0.05) is 16.8 Å². The van der Waals surface area contributed by atoms with Crippen LogP contribution in [-0.4, -0.2) is 20.1 Å². The van der Waals surface area contributed by atoms with Crippen molar-refractivity contribution in [2.45, 2.75) is 45.6 Å². The standard InChI is InChI=1S/C21H25NO3S2/c1-12-13(2)15(4)21(16(5)14(12)3)27(24,25)22-10-19(23)18-11-26-20-9-7-6-8-17(18)20/h6-9,11,19,22-23H,10H2,1-5H3. The molecule has 4 nitrogen and oxygen atoms in total. The van der Waals surface area contributed by atoms with Crippen LogP contribution in [0, 0.1) is 34.6 Å². The molecule has 1 atom stereocenters. The van der Waals surface area contributed by atoms with Crippen molar-refractivity contribution >= 4 is 31.4 Å². The molecule has 0 aliphatic rings. The second kappa shape index (κ2) is 7.36. The molecule has 0 radical (unpaired) electrons. The third kappa shape index (κ3) is 3.55. The number of aliphatic hydroxyl groups excluding tert-OH is 1. The quantitative estimate of drug-likeness (QED) is 0.661. The normalized spacial score (nSPS) is 13.3. The molecule has 27 heavy (non-hydrogen) atoms. The van der Waals surface area contributed by atoms with Gasteiger partial charge < -0.3 is 5.11 Å². The summed E-state index contributed by atoms with van der Waals surface area (Å²) in [6.07, 6.45) is -0.899. The molecule has 0 saturated heterocycles. The lowest BCUT2D eigenvalue weighted by Crippen LogP contribution is -2.30. The molecule has 0 aliphatic carbocycles. The van der Waals surface area contributed by atoms with Crippen molar-refractivity contribution in [3.05, 3.63) is 63.0 Å². The Labute approximate surface area is 164 Å². The molecule has 0 fully saturated rings. The first-order valence-electron chi connectivity index (χ1n) is 8.86. The SMILES string of the molecule is Cc1c(C)c(C)c(S(=O)(=O)NCC(O)c2csc3ccccc23)c(C)c1C. The Morgan fingerprint density at radius 2 is 1.52 bits per heavy atom. The third-order valence-electron chi connectivity index (χ3n) is 5.54. The molecule has 1 unspecified atom stereocenters. The van der Waals surface area contributed by atoms with Crippen LogP contribution in [0.2, 0.25) is 0 Å². The fraction of sp³-hybridized carbons (Fsp3) is 0.333. The van der Waals surface area contributed by atoms with Gasteiger partial charge in [-0.3, -0.25) is 0 Å². The molecule has 0 saturated carbocycles. The molecule has 144 valence electrons. The van der Waals surface area contributed by atoms with E-state index in [-0.39, 0.29) is 6.54 Å². The lowest BCUT2D eigenvalue weighted by atomic mass is 9.95. The zero-order valence-corrected chi connectivity index (χ0v) is 17.9. The van der Waals surface area contributed by atoms with Gasteiger partial charge in [0.05, 0.1) is 11.0 Å². The van der Waals surface area contributed by atoms with Crippen LogP contribution in [0.4, 0.5) is 0 Å². The topological polar surface area (TPSA) is 66.4 Å². The molecule has 0 amide bonds. The van der Waals surface area contributed by atoms with E-state index < -0.39 is 16.1 Å². The summed E-state index contributed by atoms with van der Waals surface area (Å²) in [6.45, 7) is 9.52. The number of thiophene rings is 1. The van der Waals surface area contributed by atoms with Crippen molar-refractivity contribution in [1.82, 2.24) is 4.72 Å². The van der Waals surface area contributed by atoms with Gasteiger partial charge in [-0.25, -0.2) is 13.1 Å². The van der Waals surface area contributed by atoms with Gasteiger partial charge in [-0.1, -0.05) is 18.2 Å². The van der Waals surface area contributed by atoms with Gasteiger partial charge in [-0.2, -0.15) is 0 Å². The number of hydrogen-bond donors (Lipinski definition) is 2. The van der Waals surface area contributed by atoms with Gasteiger partial charge in [-0.15, -0.1) is 11.3 Å². The number of fused-ring (bicyclic) bond motifs is 1. The van der Waals surface area contributed by atoms with Crippen LogP contribution in [0.3, 0.4) is 0 Å². The highest BCUT2D eigenvalue weighted by Crippen LogP contribution is 2.31. The van der Waals surface area contributed by atoms with Gasteiger partial charge >= 0.3 is 0 Å². The zero-order chi connectivity index (χ0) is 19.9. The maximum absolute atomic E-state index is 13.0. The maximum Gasteiger partial charge on any atom is 0.241 e. The van der Waals surface area contributed by atoms with Crippen LogP contribution >= 0.6 is 11.3 Å². The highest BCUT2D eigenvalue weighted by Gasteiger charge is 2.25. The Kier molecular flexibility index (Phi) is 5.45. The fourth-order valence-electron chi connectivity index (χ4n) is 3.50. The molecule has 0 spiro atoms. The summed E-state index contributed by atoms with van der Waals surface area (Å²) in [5.41, 5.74) is 5.37. The van der Waals surface area contributed by atoms with Gasteiger partial charge in [0.1, 0.15) is 0 Å². The molecular formula is C21H25NO3S2. The molecule has 3 aromatic rings. The second-order valence-corrected chi connectivity index (χ2v) is 9.62. The van der Waals surface area contributed by atoms with Crippen LogP contribution in [0.1, 0.15) is 39.5 Å². The smallest absolute Gasteiger partial charge is 0.241 e. The first kappa shape index (κ1) is 20.0. The van der Waals surface area contributed by atoms with Crippen molar-refractivity contribution in [1.29, 1.82) is 0 Å². The molecule has 1 aromatic heterocycles. The highest BCUT2D eigenvalue weighted by atomic mass is 32.2. The highest BCUT2D eigenvalue weighted by molar-refractivity contribution is 7.89. The monoisotopic (exact) mass is 403 g/mol. The van der Waals surface area contributed by atoms with Crippen molar-refractivity contribution in [2.75, 3.05) is 6.54 Å². The Morgan fingerprint density at radius 1 is 0.963 bits per heavy atom. The Balaban J connectivity index is 1.90. The zero-order valence-electron chi connectivity index (χ0n) is 16.3. The van der Waals surface area contributed by atoms with E-state index in [0.29, 0.717) is 4.90 Å². The summed E-state index contributed by atoms with van der Waals surface area (Å²) in [7, 11) is -3.73. The minimum atomic E-state index is -3.73. The predicted octanol–water partition coefficient (Wildman–Crippen LogP) is 4.46. The molecule has 3 rings (SSSR count). The van der Waals surface area contributed by atoms with Crippen LogP contribution in [0.25, 0.3) is 10.1 Å². The van der Waals surface area contributed by atoms with E-state index >= 15 is 0 Å². The van der Waals surface area contributed by atoms with Crippen molar-refractivity contribution in [3.8, 4) is 0 Å². The van der Waals surface area contributed by atoms with Gasteiger partial charge in [-0.05, 0) is 79.3 Å². The minimum absolute atomic E-state index is 0.0616. The van der Waals surface area contributed by atoms with Gasteiger partial charge in [0.15, 0.2) is 0 Å². The molecule has 1 heterocycles. The van der Waals surface area contributed by atoms with E-state index in [1.165, 1.54) is 0 Å². The number of nitrogens with one attached hydrogen (secondary N) is 1. The molecule has 6 heteroatoms. The average molecular weight is 404 g/mol. The Morgan fingerprint density at radius 3 is 2.15 bits per heavy atom. The van der Waals surface area contributed by atoms with Crippen LogP contribution in [0.5, 0.6) is 0 Å². The number of rotatable bonds is 5. The van der Waals surface area contributed by atoms with Gasteiger partial charge in [0.2, 0.25) is 10.0 Å². The molecule has 0 aliphatic heterocycles. The van der Waals surface area contributed by atoms with Gasteiger partial charge in [0.25, 0.3) is 0 Å². The van der Waals surface area contributed by atoms with E-state index in [2.05, 4.69) is 4.72 Å². The Bertz CT molecular complexity index is 1080. The van der Waals surface area contributed by atoms with Crippen LogP contribution < -0.4 is 4.72 Å². The number of aliphatic hydroxyl groups is 1. The summed E-state index contributed by atoms with van der Waals surface area (Å²) in [4.78, 5) is 0.325. The fourth-order valence-corrected chi connectivity index (χ4v) is 6.14. The number of sulfonamides is 1. The number of benzene rings is 2. The molecule has 2 aromatic carbocycles. The van der Waals surface area contributed by atoms with Crippen molar-refractivity contribution in [3.63, 3.8) is 0 Å². The van der Waals surface area contributed by atoms with Crippen molar-refractivity contribution in [2.24, 2.45) is 0 Å². The summed E-state index contributed by atoms with van der Waals surface area (Å²) < 4.78 is 29.7. The molecule has 0 bridgehead atoms. The van der Waals surface area contributed by atoms with Crippen LogP contribution in [-0.2, 0) is 10.0 Å². The molecular weight excluding hydrogens is 378 g/mol. The van der Waals surface area contributed by atoms with E-state index in [4.69, 9.17) is 0 Å². The number of hydrogen-bond acceptors (Lipinski definition) is 4. The third-order valence-corrected chi connectivity index (χ3v) is 8.21. The first-order valence-corrected chi connectivity index (χ1v) is 11.2. The average Bonchev–Trinajstić information content (AvgIpc) is 3.07. The maximum atomic E-state index is 13.0. The Hall–Kier alpha value is -1.73. The van der Waals surface area contributed by atoms with E-state index in [1.807, 2.05) is 64.3 Å². The first-order chi connectivity index (χ1) is 12.6. The van der Waals surface area contributed by atoms with Crippen molar-refractivity contribution < 1.29 is 13.5 Å². The minimum Gasteiger partial charge on any atom is -0.387 e. The largest absolute Gasteiger partial charge is 0.387 e. The summed E-state index contributed by atoms with van der Waals surface area (Å²) in [5, 5.41) is 13.4. The van der Waals surface area contributed by atoms with E-state index in [1.54, 1.807) is 11.3 Å². The molecule has 2 N–H and O–H groups in total. The lowest BCUT2D eigenvalue weighted by Gasteiger charge is -2.20. The summed E-state index contributed by atoms with van der Waals surface area (Å²) in [6, 6.07) is 7.80. The van der Waals surface area contributed by atoms with Crippen LogP contribution in [0.15, 0.2) is 34.5 Å². The summed E-state index contributed by atoms with van der Waals surface area (Å²) >= 11 is 1.55. The summed E-state index contributed by atoms with van der Waals surface area (Å²) in [5.74, 6) is 0. The van der Waals surface area contributed by atoms with E-state index in [0.717, 1.165) is 43.5 Å². The van der Waals surface area contributed by atoms with E-state index in [9.17, 15) is 13.5 Å². The second-order valence-electron chi connectivity index (χ2n) is 7.01. The lowest BCUT2D eigenvalue weighted by molar-refractivity contribution is 0.184.